The maximum atomic E-state index is 13.6. The molecule has 0 radical (unpaired) electrons. The van der Waals surface area contributed by atoms with E-state index in [9.17, 15) is 13.6 Å². The third-order valence-corrected chi connectivity index (χ3v) is 5.21. The Bertz CT molecular complexity index is 1020. The van der Waals surface area contributed by atoms with Crippen LogP contribution in [-0.2, 0) is 11.2 Å². The summed E-state index contributed by atoms with van der Waals surface area (Å²) in [5.41, 5.74) is 3.86. The third-order valence-electron chi connectivity index (χ3n) is 4.44. The molecular weight excluding hydrogens is 370 g/mol. The number of ether oxygens (including phenoxy) is 1. The predicted octanol–water partition coefficient (Wildman–Crippen LogP) is 4.36. The van der Waals surface area contributed by atoms with Gasteiger partial charge in [0.25, 0.3) is 5.91 Å². The fraction of sp³-hybridized carbons (Fsp3) is 0.200. The molecule has 1 aromatic heterocycles. The Morgan fingerprint density at radius 1 is 1.26 bits per heavy atom. The number of anilines is 1. The van der Waals surface area contributed by atoms with Crippen molar-refractivity contribution in [2.75, 3.05) is 18.1 Å². The van der Waals surface area contributed by atoms with Gasteiger partial charge >= 0.3 is 0 Å². The molecule has 4 nitrogen and oxygen atoms in total. The van der Waals surface area contributed by atoms with E-state index in [0.29, 0.717) is 6.54 Å². The molecule has 0 N–H and O–H groups in total. The number of carbonyl (C=O) groups excluding carboxylic acids is 1. The Morgan fingerprint density at radius 3 is 2.85 bits per heavy atom. The minimum Gasteiger partial charge on any atom is -0.481 e. The van der Waals surface area contributed by atoms with Crippen LogP contribution in [0, 0.1) is 18.6 Å². The molecule has 2 heterocycles. The molecule has 1 aliphatic heterocycles. The monoisotopic (exact) mass is 386 g/mol. The number of halogens is 2. The summed E-state index contributed by atoms with van der Waals surface area (Å²) < 4.78 is 31.8. The van der Waals surface area contributed by atoms with Crippen molar-refractivity contribution in [1.82, 2.24) is 4.98 Å². The van der Waals surface area contributed by atoms with Crippen LogP contribution in [0.25, 0.3) is 11.3 Å². The molecule has 0 unspecified atom stereocenters. The van der Waals surface area contributed by atoms with E-state index in [1.807, 2.05) is 24.4 Å². The van der Waals surface area contributed by atoms with E-state index < -0.39 is 11.6 Å². The number of nitrogens with zero attached hydrogens (tertiary/aromatic N) is 2. The number of carbonyl (C=O) groups is 1. The average Bonchev–Trinajstić information content (AvgIpc) is 3.26. The summed E-state index contributed by atoms with van der Waals surface area (Å²) in [5.74, 6) is -1.92. The molecule has 0 saturated carbocycles. The number of benzene rings is 2. The number of hydrogen-bond donors (Lipinski definition) is 0. The molecule has 1 amide bonds. The van der Waals surface area contributed by atoms with Gasteiger partial charge in [-0.1, -0.05) is 6.07 Å². The number of hydrogen-bond acceptors (Lipinski definition) is 4. The van der Waals surface area contributed by atoms with Gasteiger partial charge in [0.2, 0.25) is 0 Å². The lowest BCUT2D eigenvalue weighted by Crippen LogP contribution is -2.33. The van der Waals surface area contributed by atoms with Crippen molar-refractivity contribution in [3.05, 3.63) is 64.0 Å². The summed E-state index contributed by atoms with van der Waals surface area (Å²) in [6, 6.07) is 8.90. The van der Waals surface area contributed by atoms with Gasteiger partial charge < -0.3 is 9.64 Å². The number of aromatic nitrogens is 1. The normalized spacial score (nSPS) is 12.9. The summed E-state index contributed by atoms with van der Waals surface area (Å²) in [6.07, 6.45) is 0.739. The van der Waals surface area contributed by atoms with Crippen molar-refractivity contribution in [1.29, 1.82) is 0 Å². The highest BCUT2D eigenvalue weighted by Gasteiger charge is 2.25. The quantitative estimate of drug-likeness (QED) is 0.669. The van der Waals surface area contributed by atoms with Gasteiger partial charge in [0.05, 0.1) is 10.7 Å². The molecule has 138 valence electrons. The highest BCUT2D eigenvalue weighted by atomic mass is 32.1. The number of rotatable bonds is 4. The second-order valence-electron chi connectivity index (χ2n) is 6.25. The van der Waals surface area contributed by atoms with Crippen LogP contribution in [0.1, 0.15) is 10.6 Å². The molecule has 0 saturated heterocycles. The van der Waals surface area contributed by atoms with Gasteiger partial charge in [-0.05, 0) is 43.2 Å². The molecule has 2 aromatic carbocycles. The van der Waals surface area contributed by atoms with Crippen molar-refractivity contribution in [2.24, 2.45) is 0 Å². The summed E-state index contributed by atoms with van der Waals surface area (Å²) in [7, 11) is 0. The summed E-state index contributed by atoms with van der Waals surface area (Å²) in [6.45, 7) is 2.20. The van der Waals surface area contributed by atoms with Crippen LogP contribution >= 0.6 is 11.3 Å². The van der Waals surface area contributed by atoms with E-state index in [1.165, 1.54) is 6.07 Å². The second kappa shape index (κ2) is 7.08. The minimum atomic E-state index is -0.826. The van der Waals surface area contributed by atoms with E-state index in [4.69, 9.17) is 4.74 Å². The van der Waals surface area contributed by atoms with Gasteiger partial charge in [-0.3, -0.25) is 4.79 Å². The maximum Gasteiger partial charge on any atom is 0.264 e. The lowest BCUT2D eigenvalue weighted by atomic mass is 10.1. The van der Waals surface area contributed by atoms with Gasteiger partial charge in [-0.25, -0.2) is 13.8 Å². The van der Waals surface area contributed by atoms with E-state index in [-0.39, 0.29) is 18.3 Å². The SMILES string of the molecule is Cc1nc(-c2ccc3c(c2)CCN3C(=O)COc2ccc(F)cc2F)cs1. The van der Waals surface area contributed by atoms with Gasteiger partial charge in [0.1, 0.15) is 5.82 Å². The Hall–Kier alpha value is -2.80. The van der Waals surface area contributed by atoms with Gasteiger partial charge in [-0.2, -0.15) is 0 Å². The maximum absolute atomic E-state index is 13.6. The van der Waals surface area contributed by atoms with E-state index in [1.54, 1.807) is 16.2 Å². The smallest absolute Gasteiger partial charge is 0.264 e. The molecule has 0 fully saturated rings. The first kappa shape index (κ1) is 17.6. The van der Waals surface area contributed by atoms with Crippen molar-refractivity contribution < 1.29 is 18.3 Å². The second-order valence-corrected chi connectivity index (χ2v) is 7.32. The topological polar surface area (TPSA) is 42.4 Å². The fourth-order valence-electron chi connectivity index (χ4n) is 3.13. The first-order valence-corrected chi connectivity index (χ1v) is 9.33. The number of thiazole rings is 1. The summed E-state index contributed by atoms with van der Waals surface area (Å²) in [4.78, 5) is 18.6. The Kier molecular flexibility index (Phi) is 4.61. The van der Waals surface area contributed by atoms with Crippen molar-refractivity contribution >= 4 is 22.9 Å². The first-order chi connectivity index (χ1) is 13.0. The molecular formula is C20H16F2N2O2S. The minimum absolute atomic E-state index is 0.140. The molecule has 3 aromatic rings. The van der Waals surface area contributed by atoms with E-state index >= 15 is 0 Å². The van der Waals surface area contributed by atoms with Crippen LogP contribution in [0.15, 0.2) is 41.8 Å². The highest BCUT2D eigenvalue weighted by Crippen LogP contribution is 2.33. The summed E-state index contributed by atoms with van der Waals surface area (Å²) in [5, 5.41) is 3.02. The lowest BCUT2D eigenvalue weighted by Gasteiger charge is -2.18. The molecule has 7 heteroatoms. The zero-order valence-electron chi connectivity index (χ0n) is 14.5. The third kappa shape index (κ3) is 3.55. The lowest BCUT2D eigenvalue weighted by molar-refractivity contribution is -0.120. The number of amides is 1. The molecule has 0 atom stereocenters. The Morgan fingerprint density at radius 2 is 2.11 bits per heavy atom. The fourth-order valence-corrected chi connectivity index (χ4v) is 3.75. The van der Waals surface area contributed by atoms with Crippen molar-refractivity contribution in [3.63, 3.8) is 0 Å². The van der Waals surface area contributed by atoms with Crippen LogP contribution in [0.3, 0.4) is 0 Å². The Balaban J connectivity index is 1.47. The zero-order chi connectivity index (χ0) is 19.0. The van der Waals surface area contributed by atoms with Crippen LogP contribution in [0.2, 0.25) is 0 Å². The molecule has 0 bridgehead atoms. The molecule has 1 aliphatic rings. The van der Waals surface area contributed by atoms with Crippen LogP contribution in [0.5, 0.6) is 5.75 Å². The molecule has 27 heavy (non-hydrogen) atoms. The van der Waals surface area contributed by atoms with Crippen molar-refractivity contribution in [2.45, 2.75) is 13.3 Å². The average molecular weight is 386 g/mol. The van der Waals surface area contributed by atoms with Gasteiger partial charge in [-0.15, -0.1) is 11.3 Å². The standard InChI is InChI=1S/C20H16F2N2O2S/c1-12-23-17(11-27-12)13-2-4-18-14(8-13)6-7-24(18)20(25)10-26-19-5-3-15(21)9-16(19)22/h2-5,8-9,11H,6-7,10H2,1H3. The van der Waals surface area contributed by atoms with E-state index in [0.717, 1.165) is 46.1 Å². The first-order valence-electron chi connectivity index (χ1n) is 8.45. The molecule has 0 aliphatic carbocycles. The van der Waals surface area contributed by atoms with Crippen LogP contribution in [0.4, 0.5) is 14.5 Å². The van der Waals surface area contributed by atoms with E-state index in [2.05, 4.69) is 11.1 Å². The predicted molar refractivity (Wildman–Crippen MR) is 100 cm³/mol. The molecule has 0 spiro atoms. The molecule has 4 rings (SSSR count). The largest absolute Gasteiger partial charge is 0.481 e. The van der Waals surface area contributed by atoms with Crippen LogP contribution in [-0.4, -0.2) is 24.0 Å². The van der Waals surface area contributed by atoms with Gasteiger partial charge in [0.15, 0.2) is 18.2 Å². The number of aryl methyl sites for hydroxylation is 1. The zero-order valence-corrected chi connectivity index (χ0v) is 15.4. The summed E-state index contributed by atoms with van der Waals surface area (Å²) >= 11 is 1.60. The van der Waals surface area contributed by atoms with Crippen LogP contribution < -0.4 is 9.64 Å². The van der Waals surface area contributed by atoms with Crippen molar-refractivity contribution in [3.8, 4) is 17.0 Å². The highest BCUT2D eigenvalue weighted by molar-refractivity contribution is 7.09. The van der Waals surface area contributed by atoms with Gasteiger partial charge in [0, 0.05) is 29.2 Å². The Labute approximate surface area is 159 Å². The number of fused-ring (bicyclic) bond motifs is 1.